The molecule has 0 rings (SSSR count). The second kappa shape index (κ2) is 58.3. The zero-order valence-corrected chi connectivity index (χ0v) is 52.0. The van der Waals surface area contributed by atoms with Crippen molar-refractivity contribution in [3.8, 4) is 0 Å². The number of amides is 1. The van der Waals surface area contributed by atoms with Crippen LogP contribution < -0.4 is 10.2 Å². The number of quaternary nitrogens is 1. The lowest BCUT2D eigenvalue weighted by molar-refractivity contribution is -0.870. The Morgan fingerprint density at radius 2 is 0.805 bits per heavy atom. The lowest BCUT2D eigenvalue weighted by atomic mass is 10.0. The Kier molecular flexibility index (Phi) is 56.6. The second-order valence-corrected chi connectivity index (χ2v) is 24.5. The van der Waals surface area contributed by atoms with Crippen molar-refractivity contribution in [3.05, 3.63) is 85.1 Å². The number of nitrogens with one attached hydrogen (secondary N) is 1. The van der Waals surface area contributed by atoms with Crippen LogP contribution in [0.2, 0.25) is 0 Å². The van der Waals surface area contributed by atoms with Gasteiger partial charge in [-0.15, -0.1) is 0 Å². The maximum Gasteiger partial charge on any atom is 0.268 e. The van der Waals surface area contributed by atoms with Gasteiger partial charge in [0.05, 0.1) is 39.9 Å². The summed E-state index contributed by atoms with van der Waals surface area (Å²) in [5.41, 5.74) is 0. The highest BCUT2D eigenvalue weighted by Gasteiger charge is 2.23. The highest BCUT2D eigenvalue weighted by Crippen LogP contribution is 2.38. The number of rotatable bonds is 59. The summed E-state index contributed by atoms with van der Waals surface area (Å²) < 4.78 is 23.3. The zero-order valence-electron chi connectivity index (χ0n) is 51.1. The Morgan fingerprint density at radius 3 is 1.21 bits per heavy atom. The summed E-state index contributed by atoms with van der Waals surface area (Å²) in [4.78, 5) is 25.5. The van der Waals surface area contributed by atoms with Crippen molar-refractivity contribution in [2.45, 2.75) is 302 Å². The molecule has 3 unspecified atom stereocenters. The van der Waals surface area contributed by atoms with Crippen LogP contribution in [-0.4, -0.2) is 68.5 Å². The number of allylic oxidation sites excluding steroid dienone is 13. The first-order valence-electron chi connectivity index (χ1n) is 32.4. The molecule has 0 heterocycles. The van der Waals surface area contributed by atoms with E-state index in [4.69, 9.17) is 9.05 Å². The van der Waals surface area contributed by atoms with E-state index in [0.29, 0.717) is 17.4 Å². The lowest BCUT2D eigenvalue weighted by Gasteiger charge is -2.29. The molecular weight excluding hydrogens is 972 g/mol. The van der Waals surface area contributed by atoms with Crippen LogP contribution in [0.25, 0.3) is 0 Å². The Balaban J connectivity index is 3.95. The van der Waals surface area contributed by atoms with E-state index >= 15 is 0 Å². The van der Waals surface area contributed by atoms with Crippen molar-refractivity contribution in [3.63, 3.8) is 0 Å². The first-order valence-corrected chi connectivity index (χ1v) is 33.9. The number of phosphoric ester groups is 1. The summed E-state index contributed by atoms with van der Waals surface area (Å²) in [5.74, 6) is -0.209. The SMILES string of the molecule is CC/C=C\C/C=C\C/C=C\C/C=C\CCCCCCCCCCCCCCCCCCCCCCCCCCCCC(=O)NC(COP(=O)([O-])OCC[N+](C)(C)C)C(O)/C=C/CC/C=C/CC/C=C/CCCCCCCC. The number of phosphoric acid groups is 1. The minimum atomic E-state index is -4.61. The smallest absolute Gasteiger partial charge is 0.268 e. The minimum absolute atomic E-state index is 0.00970. The van der Waals surface area contributed by atoms with Crippen molar-refractivity contribution in [2.24, 2.45) is 0 Å². The Bertz CT molecular complexity index is 1530. The predicted molar refractivity (Wildman–Crippen MR) is 334 cm³/mol. The summed E-state index contributed by atoms with van der Waals surface area (Å²) in [6.45, 7) is 4.51. The van der Waals surface area contributed by atoms with Crippen LogP contribution in [0.4, 0.5) is 0 Å². The molecule has 8 nitrogen and oxygen atoms in total. The average molecular weight is 1100 g/mol. The van der Waals surface area contributed by atoms with E-state index in [9.17, 15) is 19.4 Å². The molecule has 0 aromatic heterocycles. The zero-order chi connectivity index (χ0) is 56.3. The first kappa shape index (κ1) is 74.7. The van der Waals surface area contributed by atoms with E-state index in [1.807, 2.05) is 27.2 Å². The number of hydrogen-bond donors (Lipinski definition) is 2. The van der Waals surface area contributed by atoms with Crippen molar-refractivity contribution >= 4 is 13.7 Å². The topological polar surface area (TPSA) is 108 Å². The number of aliphatic hydroxyl groups excluding tert-OH is 1. The van der Waals surface area contributed by atoms with Gasteiger partial charge in [0.15, 0.2) is 0 Å². The van der Waals surface area contributed by atoms with Crippen molar-refractivity contribution in [1.29, 1.82) is 0 Å². The van der Waals surface area contributed by atoms with E-state index < -0.39 is 26.6 Å². The quantitative estimate of drug-likeness (QED) is 0.0272. The summed E-state index contributed by atoms with van der Waals surface area (Å²) in [6, 6.07) is -0.911. The molecule has 0 radical (unpaired) electrons. The van der Waals surface area contributed by atoms with Crippen molar-refractivity contribution < 1.29 is 32.9 Å². The van der Waals surface area contributed by atoms with Gasteiger partial charge in [0.2, 0.25) is 5.91 Å². The molecule has 0 fully saturated rings. The van der Waals surface area contributed by atoms with Crippen LogP contribution in [0.5, 0.6) is 0 Å². The molecule has 2 N–H and O–H groups in total. The molecule has 0 aromatic rings. The molecule has 0 saturated heterocycles. The number of likely N-dealkylation sites (N-methyl/N-ethyl adjacent to an activating group) is 1. The van der Waals surface area contributed by atoms with E-state index in [0.717, 1.165) is 70.6 Å². The molecule has 0 bridgehead atoms. The fraction of sp³-hybridized carbons (Fsp3) is 0.779. The van der Waals surface area contributed by atoms with Crippen molar-refractivity contribution in [1.82, 2.24) is 5.32 Å². The van der Waals surface area contributed by atoms with Gasteiger partial charge in [0.25, 0.3) is 7.82 Å². The van der Waals surface area contributed by atoms with Gasteiger partial charge in [-0.2, -0.15) is 0 Å². The van der Waals surface area contributed by atoms with Crippen molar-refractivity contribution in [2.75, 3.05) is 40.9 Å². The van der Waals surface area contributed by atoms with Gasteiger partial charge in [-0.1, -0.05) is 285 Å². The molecular formula is C68H125N2O6P. The van der Waals surface area contributed by atoms with Crippen LogP contribution in [0.1, 0.15) is 290 Å². The molecule has 1 amide bonds. The highest BCUT2D eigenvalue weighted by atomic mass is 31.2. The summed E-state index contributed by atoms with van der Waals surface area (Å²) in [7, 11) is 1.24. The third kappa shape index (κ3) is 61.2. The van der Waals surface area contributed by atoms with Gasteiger partial charge >= 0.3 is 0 Å². The molecule has 3 atom stereocenters. The third-order valence-corrected chi connectivity index (χ3v) is 15.3. The van der Waals surface area contributed by atoms with E-state index in [2.05, 4.69) is 92.1 Å². The van der Waals surface area contributed by atoms with E-state index in [-0.39, 0.29) is 12.5 Å². The number of carbonyl (C=O) groups is 1. The van der Waals surface area contributed by atoms with Crippen LogP contribution >= 0.6 is 7.82 Å². The summed E-state index contributed by atoms with van der Waals surface area (Å²) in [5, 5.41) is 13.9. The molecule has 448 valence electrons. The third-order valence-electron chi connectivity index (χ3n) is 14.3. The monoisotopic (exact) mass is 1100 g/mol. The van der Waals surface area contributed by atoms with Gasteiger partial charge in [0, 0.05) is 6.42 Å². The molecule has 0 aliphatic rings. The largest absolute Gasteiger partial charge is 0.756 e. The van der Waals surface area contributed by atoms with Crippen LogP contribution in [0.3, 0.4) is 0 Å². The number of hydrogen-bond acceptors (Lipinski definition) is 6. The fourth-order valence-corrected chi connectivity index (χ4v) is 10.0. The van der Waals surface area contributed by atoms with Gasteiger partial charge in [0.1, 0.15) is 13.2 Å². The molecule has 0 aliphatic carbocycles. The average Bonchev–Trinajstić information content (AvgIpc) is 3.39. The van der Waals surface area contributed by atoms with E-state index in [1.165, 1.54) is 199 Å². The van der Waals surface area contributed by atoms with Crippen LogP contribution in [0.15, 0.2) is 85.1 Å². The summed E-state index contributed by atoms with van der Waals surface area (Å²) in [6.07, 6.45) is 82.8. The normalized spacial score (nSPS) is 14.3. The molecule has 77 heavy (non-hydrogen) atoms. The van der Waals surface area contributed by atoms with Gasteiger partial charge in [-0.25, -0.2) is 0 Å². The van der Waals surface area contributed by atoms with Gasteiger partial charge < -0.3 is 28.8 Å². The van der Waals surface area contributed by atoms with E-state index in [1.54, 1.807) is 6.08 Å². The molecule has 9 heteroatoms. The molecule has 0 saturated carbocycles. The standard InChI is InChI=1S/C68H125N2O6P/c1-6-8-10-12-14-16-18-20-22-24-25-26-27-28-29-30-31-32-33-34-35-36-37-38-39-40-41-42-43-44-45-46-48-50-52-54-56-58-60-62-68(72)69-66(65-76-77(73,74)75-64-63-70(3,4)5)67(71)61-59-57-55-53-51-49-47-23-21-19-17-15-13-11-9-7-2/h8,10,14,16,20-23,25-26,51,53,59,61,66-67,71H,6-7,9,11-13,15,17-19,24,27-50,52,54-58,60,62-65H2,1-5H3,(H-,69,72,73,74)/b10-8-,16-14-,22-20-,23-21+,26-25-,53-51+,61-59+. The maximum absolute atomic E-state index is 13.0. The number of carbonyl (C=O) groups excluding carboxylic acids is 1. The summed E-state index contributed by atoms with van der Waals surface area (Å²) >= 11 is 0. The number of unbranched alkanes of at least 4 members (excludes halogenated alkanes) is 34. The Hall–Kier alpha value is -2.32. The minimum Gasteiger partial charge on any atom is -0.756 e. The second-order valence-electron chi connectivity index (χ2n) is 23.1. The predicted octanol–water partition coefficient (Wildman–Crippen LogP) is 19.7. The van der Waals surface area contributed by atoms with Crippen LogP contribution in [0, 0.1) is 0 Å². The van der Waals surface area contributed by atoms with Gasteiger partial charge in [-0.05, 0) is 83.5 Å². The first-order chi connectivity index (χ1) is 37.5. The maximum atomic E-state index is 13.0. The van der Waals surface area contributed by atoms with Gasteiger partial charge in [-0.3, -0.25) is 9.36 Å². The fourth-order valence-electron chi connectivity index (χ4n) is 9.30. The Morgan fingerprint density at radius 1 is 0.468 bits per heavy atom. The molecule has 0 spiro atoms. The number of nitrogens with zero attached hydrogens (tertiary/aromatic N) is 1. The lowest BCUT2D eigenvalue weighted by Crippen LogP contribution is -2.45. The number of aliphatic hydroxyl groups is 1. The highest BCUT2D eigenvalue weighted by molar-refractivity contribution is 7.45. The van der Waals surface area contributed by atoms with Crippen LogP contribution in [-0.2, 0) is 18.4 Å². The Labute approximate surface area is 477 Å². The molecule has 0 aromatic carbocycles. The molecule has 0 aliphatic heterocycles.